The van der Waals surface area contributed by atoms with Crippen LogP contribution in [0, 0.1) is 0 Å². The fraction of sp³-hybridized carbons (Fsp3) is 0.179. The van der Waals surface area contributed by atoms with Gasteiger partial charge in [-0.25, -0.2) is 10.5 Å². The summed E-state index contributed by atoms with van der Waals surface area (Å²) in [6.07, 6.45) is 5.82. The molecule has 1 fully saturated rings. The molecule has 7 heteroatoms. The van der Waals surface area contributed by atoms with Crippen molar-refractivity contribution in [1.29, 1.82) is 0 Å². The van der Waals surface area contributed by atoms with Crippen molar-refractivity contribution < 1.29 is 14.8 Å². The molecule has 0 spiro atoms. The minimum Gasteiger partial charge on any atom is -0.369 e. The van der Waals surface area contributed by atoms with Crippen molar-refractivity contribution >= 4 is 29.5 Å². The number of carbonyl (C=O) groups is 2. The summed E-state index contributed by atoms with van der Waals surface area (Å²) < 4.78 is 0. The highest BCUT2D eigenvalue weighted by atomic mass is 16.5. The van der Waals surface area contributed by atoms with Gasteiger partial charge in [-0.3, -0.25) is 19.7 Å². The Morgan fingerprint density at radius 3 is 2.26 bits per heavy atom. The lowest BCUT2D eigenvalue weighted by Crippen LogP contribution is -2.45. The van der Waals surface area contributed by atoms with E-state index in [1.54, 1.807) is 24.3 Å². The van der Waals surface area contributed by atoms with Gasteiger partial charge in [0.15, 0.2) is 5.78 Å². The van der Waals surface area contributed by atoms with E-state index < -0.39 is 5.91 Å². The van der Waals surface area contributed by atoms with Crippen LogP contribution in [0.5, 0.6) is 0 Å². The van der Waals surface area contributed by atoms with Gasteiger partial charge in [0.25, 0.3) is 5.91 Å². The summed E-state index contributed by atoms with van der Waals surface area (Å²) >= 11 is 0. The average molecular weight is 469 g/mol. The molecule has 35 heavy (non-hydrogen) atoms. The molecule has 7 nitrogen and oxygen atoms in total. The molecule has 2 aromatic carbocycles. The maximum Gasteiger partial charge on any atom is 0.267 e. The van der Waals surface area contributed by atoms with E-state index in [2.05, 4.69) is 45.1 Å². The van der Waals surface area contributed by atoms with E-state index >= 15 is 0 Å². The summed E-state index contributed by atoms with van der Waals surface area (Å²) in [4.78, 5) is 33.1. The maximum atomic E-state index is 12.8. The molecule has 4 rings (SSSR count). The largest absolute Gasteiger partial charge is 0.369 e. The smallest absolute Gasteiger partial charge is 0.267 e. The minimum absolute atomic E-state index is 0.0943. The summed E-state index contributed by atoms with van der Waals surface area (Å²) in [6, 6.07) is 23.5. The van der Waals surface area contributed by atoms with Gasteiger partial charge in [0.2, 0.25) is 0 Å². The number of carbonyl (C=O) groups excluding carboxylic acids is 2. The molecule has 0 atom stereocenters. The molecule has 2 N–H and O–H groups in total. The highest BCUT2D eigenvalue weighted by Gasteiger charge is 2.17. The fourth-order valence-electron chi connectivity index (χ4n) is 3.99. The number of allylic oxidation sites excluding steroid dienone is 1. The number of nitrogens with one attached hydrogen (secondary N) is 1. The van der Waals surface area contributed by atoms with Crippen molar-refractivity contribution in [2.45, 2.75) is 6.54 Å². The second kappa shape index (κ2) is 11.9. The predicted octanol–water partition coefficient (Wildman–Crippen LogP) is 3.82. The number of amides is 1. The zero-order chi connectivity index (χ0) is 24.5. The summed E-state index contributed by atoms with van der Waals surface area (Å²) in [5, 5.41) is 8.56. The van der Waals surface area contributed by atoms with Crippen LogP contribution in [0.1, 0.15) is 27.3 Å². The Bertz CT molecular complexity index is 1220. The van der Waals surface area contributed by atoms with Crippen molar-refractivity contribution in [2.24, 2.45) is 0 Å². The fourth-order valence-corrected chi connectivity index (χ4v) is 3.99. The molecule has 0 radical (unpaired) electrons. The van der Waals surface area contributed by atoms with Crippen LogP contribution in [0.15, 0.2) is 84.9 Å². The van der Waals surface area contributed by atoms with E-state index in [1.165, 1.54) is 29.4 Å². The Hall–Kier alpha value is -4.07. The number of anilines is 1. The topological polar surface area (TPSA) is 85.8 Å². The molecule has 1 aliphatic heterocycles. The third-order valence-corrected chi connectivity index (χ3v) is 5.82. The molecule has 0 saturated carbocycles. The first-order valence-electron chi connectivity index (χ1n) is 11.5. The average Bonchev–Trinajstić information content (AvgIpc) is 2.91. The highest BCUT2D eigenvalue weighted by Crippen LogP contribution is 2.17. The van der Waals surface area contributed by atoms with E-state index in [0.29, 0.717) is 17.0 Å². The molecule has 1 amide bonds. The minimum atomic E-state index is -0.638. The van der Waals surface area contributed by atoms with Crippen LogP contribution >= 0.6 is 0 Å². The van der Waals surface area contributed by atoms with Crippen molar-refractivity contribution in [3.8, 4) is 0 Å². The molecule has 0 bridgehead atoms. The van der Waals surface area contributed by atoms with Gasteiger partial charge < -0.3 is 4.90 Å². The molecule has 3 aromatic rings. The van der Waals surface area contributed by atoms with Crippen molar-refractivity contribution in [2.75, 3.05) is 31.1 Å². The summed E-state index contributed by atoms with van der Waals surface area (Å²) in [5.74, 6) is -0.732. The van der Waals surface area contributed by atoms with Crippen LogP contribution in [0.3, 0.4) is 0 Å². The van der Waals surface area contributed by atoms with Crippen molar-refractivity contribution in [3.05, 3.63) is 107 Å². The van der Waals surface area contributed by atoms with E-state index in [4.69, 9.17) is 5.21 Å². The molecule has 2 heterocycles. The summed E-state index contributed by atoms with van der Waals surface area (Å²) in [7, 11) is 0. The second-order valence-electron chi connectivity index (χ2n) is 8.29. The van der Waals surface area contributed by atoms with Gasteiger partial charge in [-0.05, 0) is 54.1 Å². The Balaban J connectivity index is 1.34. The van der Waals surface area contributed by atoms with Crippen molar-refractivity contribution in [1.82, 2.24) is 15.4 Å². The molecular formula is C28H28N4O3. The number of para-hydroxylation sites is 1. The number of hydroxylamine groups is 1. The number of rotatable bonds is 8. The van der Waals surface area contributed by atoms with Crippen LogP contribution in [-0.2, 0) is 11.3 Å². The summed E-state index contributed by atoms with van der Waals surface area (Å²) in [5.41, 5.74) is 5.68. The molecule has 178 valence electrons. The van der Waals surface area contributed by atoms with E-state index in [-0.39, 0.29) is 5.78 Å². The van der Waals surface area contributed by atoms with Gasteiger partial charge in [-0.2, -0.15) is 0 Å². The first-order valence-corrected chi connectivity index (χ1v) is 11.5. The molecule has 0 unspecified atom stereocenters. The number of pyridine rings is 1. The van der Waals surface area contributed by atoms with Gasteiger partial charge in [0.1, 0.15) is 0 Å². The predicted molar refractivity (Wildman–Crippen MR) is 137 cm³/mol. The molecule has 1 saturated heterocycles. The third-order valence-electron chi connectivity index (χ3n) is 5.82. The Morgan fingerprint density at radius 2 is 1.54 bits per heavy atom. The van der Waals surface area contributed by atoms with Gasteiger partial charge >= 0.3 is 0 Å². The van der Waals surface area contributed by atoms with Gasteiger partial charge in [0, 0.05) is 50.1 Å². The maximum absolute atomic E-state index is 12.8. The Morgan fingerprint density at radius 1 is 0.857 bits per heavy atom. The van der Waals surface area contributed by atoms with Gasteiger partial charge in [-0.1, -0.05) is 42.5 Å². The van der Waals surface area contributed by atoms with Crippen LogP contribution in [0.25, 0.3) is 12.2 Å². The number of hydrogen-bond acceptors (Lipinski definition) is 6. The Kier molecular flexibility index (Phi) is 8.17. The van der Waals surface area contributed by atoms with E-state index in [1.807, 2.05) is 24.3 Å². The number of ketones is 1. The van der Waals surface area contributed by atoms with E-state index in [0.717, 1.165) is 38.3 Å². The Labute approximate surface area is 205 Å². The van der Waals surface area contributed by atoms with Gasteiger partial charge in [0.05, 0.1) is 11.4 Å². The quantitative estimate of drug-likeness (QED) is 0.226. The summed E-state index contributed by atoms with van der Waals surface area (Å²) in [6.45, 7) is 4.73. The first-order chi connectivity index (χ1) is 17.1. The number of benzene rings is 2. The lowest BCUT2D eigenvalue weighted by molar-refractivity contribution is -0.124. The van der Waals surface area contributed by atoms with E-state index in [9.17, 15) is 9.59 Å². The third kappa shape index (κ3) is 6.96. The van der Waals surface area contributed by atoms with Crippen LogP contribution in [-0.4, -0.2) is 53.0 Å². The highest BCUT2D eigenvalue weighted by molar-refractivity contribution is 6.06. The standard InChI is InChI=1S/C28H28N4O3/c33-27(14-12-24-8-5-9-25(29-24)13-15-28(34)30-35)23-7-4-6-22(20-23)21-31-16-18-32(19-17-31)26-10-2-1-3-11-26/h1-15,20,35H,16-19,21H2,(H,30,34)/b14-12+,15-13+. The second-order valence-corrected chi connectivity index (χ2v) is 8.29. The molecule has 1 aliphatic rings. The molecular weight excluding hydrogens is 440 g/mol. The van der Waals surface area contributed by atoms with Crippen LogP contribution < -0.4 is 10.4 Å². The lowest BCUT2D eigenvalue weighted by atomic mass is 10.1. The zero-order valence-corrected chi connectivity index (χ0v) is 19.4. The van der Waals surface area contributed by atoms with Crippen LogP contribution in [0.2, 0.25) is 0 Å². The number of nitrogens with zero attached hydrogens (tertiary/aromatic N) is 3. The molecule has 0 aliphatic carbocycles. The van der Waals surface area contributed by atoms with Crippen molar-refractivity contribution in [3.63, 3.8) is 0 Å². The van der Waals surface area contributed by atoms with Crippen LogP contribution in [0.4, 0.5) is 5.69 Å². The SMILES string of the molecule is O=C(/C=C/c1cccc(/C=C/C(=O)c2cccc(CN3CCN(c4ccccc4)CC3)c2)n1)NO. The zero-order valence-electron chi connectivity index (χ0n) is 19.4. The number of hydrogen-bond donors (Lipinski definition) is 2. The lowest BCUT2D eigenvalue weighted by Gasteiger charge is -2.36. The normalized spacial score (nSPS) is 14.5. The molecule has 1 aromatic heterocycles. The van der Waals surface area contributed by atoms with Gasteiger partial charge in [-0.15, -0.1) is 0 Å². The monoisotopic (exact) mass is 468 g/mol. The number of aromatic nitrogens is 1. The number of piperazine rings is 1. The first kappa shape index (κ1) is 24.1.